The third-order valence-corrected chi connectivity index (χ3v) is 2.08. The fourth-order valence-corrected chi connectivity index (χ4v) is 1.33. The zero-order chi connectivity index (χ0) is 13.9. The molecule has 0 radical (unpaired) electrons. The van der Waals surface area contributed by atoms with E-state index in [0.717, 1.165) is 13.3 Å². The topological polar surface area (TPSA) is 68.7 Å². The van der Waals surface area contributed by atoms with Gasteiger partial charge in [0.15, 0.2) is 11.5 Å². The molecule has 0 saturated heterocycles. The fraction of sp³-hybridized carbons (Fsp3) is 0.333. The first kappa shape index (κ1) is 14.4. The van der Waals surface area contributed by atoms with Crippen molar-refractivity contribution in [3.63, 3.8) is 0 Å². The summed E-state index contributed by atoms with van der Waals surface area (Å²) >= 11 is 5.39. The van der Waals surface area contributed by atoms with Crippen molar-refractivity contribution in [2.75, 3.05) is 7.11 Å². The van der Waals surface area contributed by atoms with Crippen molar-refractivity contribution in [1.82, 2.24) is 4.98 Å². The van der Waals surface area contributed by atoms with Crippen LogP contribution in [0.4, 0.5) is 13.2 Å². The third-order valence-electron chi connectivity index (χ3n) is 1.82. The lowest BCUT2D eigenvalue weighted by Crippen LogP contribution is -2.21. The molecule has 100 valence electrons. The van der Waals surface area contributed by atoms with Crippen molar-refractivity contribution < 1.29 is 32.5 Å². The average molecular weight is 286 g/mol. The van der Waals surface area contributed by atoms with Gasteiger partial charge >= 0.3 is 12.3 Å². The Morgan fingerprint density at radius 1 is 1.56 bits per heavy atom. The molecule has 1 N–H and O–H groups in total. The highest BCUT2D eigenvalue weighted by atomic mass is 35.5. The minimum Gasteiger partial charge on any atom is -0.505 e. The Balaban J connectivity index is 3.41. The maximum atomic E-state index is 12.2. The summed E-state index contributed by atoms with van der Waals surface area (Å²) in [5, 5.41) is 9.36. The Morgan fingerprint density at radius 3 is 2.61 bits per heavy atom. The number of hydrogen-bond acceptors (Lipinski definition) is 5. The second-order valence-electron chi connectivity index (χ2n) is 2.97. The summed E-state index contributed by atoms with van der Waals surface area (Å²) in [7, 11) is 0.944. The van der Waals surface area contributed by atoms with Crippen molar-refractivity contribution in [1.29, 1.82) is 0 Å². The van der Waals surface area contributed by atoms with Crippen LogP contribution in [-0.2, 0) is 10.6 Å². The molecule has 0 aromatic carbocycles. The lowest BCUT2D eigenvalue weighted by Gasteiger charge is -2.15. The van der Waals surface area contributed by atoms with Crippen molar-refractivity contribution in [2.24, 2.45) is 0 Å². The molecule has 1 aromatic rings. The molecular weight excluding hydrogens is 279 g/mol. The largest absolute Gasteiger partial charge is 0.573 e. The molecule has 18 heavy (non-hydrogen) atoms. The van der Waals surface area contributed by atoms with Gasteiger partial charge in [0.25, 0.3) is 0 Å². The highest BCUT2D eigenvalue weighted by Crippen LogP contribution is 2.35. The van der Waals surface area contributed by atoms with Crippen molar-refractivity contribution in [3.8, 4) is 11.5 Å². The number of carbonyl (C=O) groups excluding carboxylic acids is 1. The van der Waals surface area contributed by atoms with Crippen LogP contribution in [-0.4, -0.2) is 29.5 Å². The zero-order valence-corrected chi connectivity index (χ0v) is 9.67. The van der Waals surface area contributed by atoms with Crippen LogP contribution in [0.3, 0.4) is 0 Å². The first-order chi connectivity index (χ1) is 8.30. The van der Waals surface area contributed by atoms with Gasteiger partial charge in [-0.05, 0) is 0 Å². The van der Waals surface area contributed by atoms with Gasteiger partial charge in [0.05, 0.1) is 24.9 Å². The van der Waals surface area contributed by atoms with Crippen molar-refractivity contribution in [2.45, 2.75) is 12.2 Å². The number of halogens is 4. The van der Waals surface area contributed by atoms with Gasteiger partial charge in [-0.25, -0.2) is 4.79 Å². The van der Waals surface area contributed by atoms with Gasteiger partial charge in [0.1, 0.15) is 5.56 Å². The molecule has 1 rings (SSSR count). The number of aromatic hydroxyl groups is 1. The van der Waals surface area contributed by atoms with Gasteiger partial charge < -0.3 is 14.6 Å². The quantitative estimate of drug-likeness (QED) is 0.681. The average Bonchev–Trinajstić information content (AvgIpc) is 2.27. The van der Waals surface area contributed by atoms with E-state index in [4.69, 9.17) is 11.6 Å². The maximum Gasteiger partial charge on any atom is 0.573 e. The van der Waals surface area contributed by atoms with Gasteiger partial charge in [-0.2, -0.15) is 0 Å². The van der Waals surface area contributed by atoms with E-state index in [1.165, 1.54) is 0 Å². The van der Waals surface area contributed by atoms with E-state index in [1.54, 1.807) is 0 Å². The minimum atomic E-state index is -5.06. The normalized spacial score (nSPS) is 11.2. The predicted octanol–water partition coefficient (Wildman–Crippen LogP) is 2.21. The van der Waals surface area contributed by atoms with Crippen LogP contribution < -0.4 is 4.74 Å². The number of aromatic nitrogens is 1. The molecule has 9 heteroatoms. The van der Waals surface area contributed by atoms with Crippen molar-refractivity contribution >= 4 is 17.6 Å². The molecular formula is C9H7ClF3NO4. The fourth-order valence-electron chi connectivity index (χ4n) is 1.14. The number of hydrogen-bond donors (Lipinski definition) is 1. The van der Waals surface area contributed by atoms with E-state index in [9.17, 15) is 23.1 Å². The van der Waals surface area contributed by atoms with Gasteiger partial charge in [-0.15, -0.1) is 24.8 Å². The number of ether oxygens (including phenoxy) is 2. The second kappa shape index (κ2) is 5.30. The first-order valence-electron chi connectivity index (χ1n) is 4.41. The van der Waals surface area contributed by atoms with Crippen LogP contribution in [0.1, 0.15) is 16.1 Å². The van der Waals surface area contributed by atoms with E-state index >= 15 is 0 Å². The third kappa shape index (κ3) is 3.16. The van der Waals surface area contributed by atoms with E-state index in [0.29, 0.717) is 0 Å². The summed E-state index contributed by atoms with van der Waals surface area (Å²) in [5.74, 6) is -3.39. The van der Waals surface area contributed by atoms with Crippen LogP contribution in [0.5, 0.6) is 11.5 Å². The van der Waals surface area contributed by atoms with Crippen LogP contribution in [0.2, 0.25) is 0 Å². The molecule has 0 amide bonds. The summed E-state index contributed by atoms with van der Waals surface area (Å²) in [6.07, 6.45) is -4.27. The summed E-state index contributed by atoms with van der Waals surface area (Å²) < 4.78 is 44.5. The van der Waals surface area contributed by atoms with E-state index in [1.807, 2.05) is 0 Å². The van der Waals surface area contributed by atoms with Crippen molar-refractivity contribution in [3.05, 3.63) is 17.5 Å². The molecule has 0 atom stereocenters. The maximum absolute atomic E-state index is 12.2. The zero-order valence-electron chi connectivity index (χ0n) is 8.92. The number of methoxy groups -OCH3 is 1. The van der Waals surface area contributed by atoms with Crippen LogP contribution in [0.25, 0.3) is 0 Å². The molecule has 0 bridgehead atoms. The SMILES string of the molecule is COC(=O)c1c(O)cnc(CCl)c1OC(F)(F)F. The van der Waals surface area contributed by atoms with Crippen LogP contribution >= 0.6 is 11.6 Å². The molecule has 1 heterocycles. The number of rotatable bonds is 3. The van der Waals surface area contributed by atoms with E-state index in [-0.39, 0.29) is 5.69 Å². The molecule has 5 nitrogen and oxygen atoms in total. The number of esters is 1. The summed E-state index contributed by atoms with van der Waals surface area (Å²) in [6, 6.07) is 0. The van der Waals surface area contributed by atoms with E-state index < -0.39 is 35.3 Å². The number of alkyl halides is 4. The van der Waals surface area contributed by atoms with Gasteiger partial charge in [0.2, 0.25) is 0 Å². The Kier molecular flexibility index (Phi) is 4.23. The molecule has 0 aliphatic rings. The number of pyridine rings is 1. The lowest BCUT2D eigenvalue weighted by molar-refractivity contribution is -0.275. The molecule has 1 aromatic heterocycles. The summed E-state index contributed by atoms with van der Waals surface area (Å²) in [4.78, 5) is 14.8. The Bertz CT molecular complexity index is 464. The molecule has 0 unspecified atom stereocenters. The number of carbonyl (C=O) groups is 1. The standard InChI is InChI=1S/C9H7ClF3NO4/c1-17-8(16)6-5(15)3-14-4(2-10)7(6)18-9(11,12)13/h3,15H,2H2,1H3. The first-order valence-corrected chi connectivity index (χ1v) is 4.94. The summed E-state index contributed by atoms with van der Waals surface area (Å²) in [6.45, 7) is 0. The van der Waals surface area contributed by atoms with Crippen LogP contribution in [0, 0.1) is 0 Å². The Morgan fingerprint density at radius 2 is 2.17 bits per heavy atom. The monoisotopic (exact) mass is 285 g/mol. The molecule has 0 aliphatic heterocycles. The second-order valence-corrected chi connectivity index (χ2v) is 3.23. The van der Waals surface area contributed by atoms with Gasteiger partial charge in [0, 0.05) is 0 Å². The van der Waals surface area contributed by atoms with Crippen LogP contribution in [0.15, 0.2) is 6.20 Å². The highest BCUT2D eigenvalue weighted by Gasteiger charge is 2.36. The smallest absolute Gasteiger partial charge is 0.505 e. The molecule has 0 spiro atoms. The Hall–Kier alpha value is -1.70. The Labute approximate surface area is 104 Å². The van der Waals surface area contributed by atoms with Gasteiger partial charge in [-0.1, -0.05) is 0 Å². The molecule has 0 fully saturated rings. The summed E-state index contributed by atoms with van der Waals surface area (Å²) in [5.41, 5.74) is -1.12. The van der Waals surface area contributed by atoms with Gasteiger partial charge in [-0.3, -0.25) is 4.98 Å². The van der Waals surface area contributed by atoms with E-state index in [2.05, 4.69) is 14.5 Å². The molecule has 0 aliphatic carbocycles. The molecule has 0 saturated carbocycles. The minimum absolute atomic E-state index is 0.341. The predicted molar refractivity (Wildman–Crippen MR) is 53.5 cm³/mol. The lowest BCUT2D eigenvalue weighted by atomic mass is 10.2. The number of nitrogens with zero attached hydrogens (tertiary/aromatic N) is 1. The highest BCUT2D eigenvalue weighted by molar-refractivity contribution is 6.17.